The average molecular weight is 644 g/mol. The average Bonchev–Trinajstić information content (AvgIpc) is 3.71. The van der Waals surface area contributed by atoms with E-state index >= 15 is 0 Å². The summed E-state index contributed by atoms with van der Waals surface area (Å²) in [6, 6.07) is 55.6. The lowest BCUT2D eigenvalue weighted by Gasteiger charge is -2.30. The summed E-state index contributed by atoms with van der Waals surface area (Å²) in [6.07, 6.45) is 0. The van der Waals surface area contributed by atoms with Gasteiger partial charge in [0.25, 0.3) is 0 Å². The normalized spacial score (nSPS) is 14.7. The standard InChI is InChI=1S/C48H37NO/c1-47(2)41-19-11-8-16-34(41)36-24-22-31(28-43(36)47)49(32-23-25-38-37-18-10-13-21-44(37)50-45(38)29-32)33-26-39(30-14-6-5-7-15-30)46-40(27-33)35-17-9-12-20-42(35)48(46,3)4/h5-29H,1-4H3. The Morgan fingerprint density at radius 3 is 1.78 bits per heavy atom. The molecule has 0 fully saturated rings. The summed E-state index contributed by atoms with van der Waals surface area (Å²) in [7, 11) is 0. The Hall–Kier alpha value is -5.86. The van der Waals surface area contributed by atoms with E-state index in [-0.39, 0.29) is 10.8 Å². The summed E-state index contributed by atoms with van der Waals surface area (Å²) in [4.78, 5) is 2.44. The van der Waals surface area contributed by atoms with Crippen LogP contribution in [0, 0.1) is 0 Å². The number of nitrogens with zero attached hydrogens (tertiary/aromatic N) is 1. The van der Waals surface area contributed by atoms with Crippen LogP contribution in [0.3, 0.4) is 0 Å². The molecule has 0 atom stereocenters. The van der Waals surface area contributed by atoms with Gasteiger partial charge < -0.3 is 9.32 Å². The number of anilines is 3. The van der Waals surface area contributed by atoms with E-state index in [4.69, 9.17) is 4.42 Å². The predicted octanol–water partition coefficient (Wildman–Crippen LogP) is 13.3. The van der Waals surface area contributed by atoms with Crippen molar-refractivity contribution in [2.24, 2.45) is 0 Å². The van der Waals surface area contributed by atoms with Gasteiger partial charge in [0.1, 0.15) is 11.2 Å². The van der Waals surface area contributed by atoms with Crippen LogP contribution in [0.2, 0.25) is 0 Å². The third-order valence-corrected chi connectivity index (χ3v) is 11.4. The molecule has 8 aromatic rings. The molecule has 2 nitrogen and oxygen atoms in total. The molecule has 240 valence electrons. The Labute approximate surface area is 293 Å². The number of benzene rings is 7. The van der Waals surface area contributed by atoms with Crippen molar-refractivity contribution in [3.63, 3.8) is 0 Å². The Kier molecular flexibility index (Phi) is 6.01. The van der Waals surface area contributed by atoms with E-state index in [1.807, 2.05) is 6.07 Å². The van der Waals surface area contributed by atoms with E-state index in [1.165, 1.54) is 55.6 Å². The lowest BCUT2D eigenvalue weighted by Crippen LogP contribution is -2.18. The lowest BCUT2D eigenvalue weighted by molar-refractivity contribution is 0.660. The molecular weight excluding hydrogens is 607 g/mol. The second-order valence-corrected chi connectivity index (χ2v) is 15.0. The van der Waals surface area contributed by atoms with Crippen LogP contribution in [0.25, 0.3) is 55.3 Å². The van der Waals surface area contributed by atoms with Gasteiger partial charge in [-0.25, -0.2) is 0 Å². The third-order valence-electron chi connectivity index (χ3n) is 11.4. The van der Waals surface area contributed by atoms with Gasteiger partial charge in [-0.2, -0.15) is 0 Å². The Bertz CT molecular complexity index is 2660. The summed E-state index contributed by atoms with van der Waals surface area (Å²) in [5, 5.41) is 2.27. The first kappa shape index (κ1) is 29.1. The molecule has 0 bridgehead atoms. The van der Waals surface area contributed by atoms with E-state index in [9.17, 15) is 0 Å². The van der Waals surface area contributed by atoms with Gasteiger partial charge in [-0.3, -0.25) is 0 Å². The van der Waals surface area contributed by atoms with Gasteiger partial charge in [0.15, 0.2) is 0 Å². The molecule has 1 heterocycles. The molecule has 0 amide bonds. The molecule has 2 aliphatic carbocycles. The highest BCUT2D eigenvalue weighted by Gasteiger charge is 2.39. The van der Waals surface area contributed by atoms with Crippen LogP contribution in [0.15, 0.2) is 156 Å². The molecule has 0 aliphatic heterocycles. The maximum Gasteiger partial charge on any atom is 0.137 e. The number of fused-ring (bicyclic) bond motifs is 9. The second-order valence-electron chi connectivity index (χ2n) is 15.0. The van der Waals surface area contributed by atoms with Crippen molar-refractivity contribution in [2.45, 2.75) is 38.5 Å². The highest BCUT2D eigenvalue weighted by molar-refractivity contribution is 6.06. The second kappa shape index (κ2) is 10.3. The molecule has 0 N–H and O–H groups in total. The lowest BCUT2D eigenvalue weighted by atomic mass is 9.78. The fourth-order valence-electron chi connectivity index (χ4n) is 9.02. The van der Waals surface area contributed by atoms with Gasteiger partial charge in [-0.15, -0.1) is 0 Å². The molecule has 0 spiro atoms. The van der Waals surface area contributed by atoms with Crippen LogP contribution >= 0.6 is 0 Å². The zero-order valence-electron chi connectivity index (χ0n) is 28.8. The van der Waals surface area contributed by atoms with Crippen LogP contribution < -0.4 is 4.90 Å². The molecule has 1 aromatic heterocycles. The molecule has 0 saturated carbocycles. The van der Waals surface area contributed by atoms with Crippen molar-refractivity contribution < 1.29 is 4.42 Å². The smallest absolute Gasteiger partial charge is 0.137 e. The predicted molar refractivity (Wildman–Crippen MR) is 209 cm³/mol. The SMILES string of the molecule is CC1(C)c2ccccc2-c2ccc(N(c3cc(-c4ccccc4)c4c(c3)-c3ccccc3C4(C)C)c3ccc4c(c3)oc3ccccc34)cc21. The minimum atomic E-state index is -0.142. The topological polar surface area (TPSA) is 16.4 Å². The molecule has 10 rings (SSSR count). The fourth-order valence-corrected chi connectivity index (χ4v) is 9.02. The highest BCUT2D eigenvalue weighted by Crippen LogP contribution is 2.55. The molecule has 7 aromatic carbocycles. The quantitative estimate of drug-likeness (QED) is 0.190. The third kappa shape index (κ3) is 4.02. The van der Waals surface area contributed by atoms with Gasteiger partial charge in [-0.05, 0) is 98.1 Å². The van der Waals surface area contributed by atoms with E-state index < -0.39 is 0 Å². The summed E-state index contributed by atoms with van der Waals surface area (Å²) in [5.74, 6) is 0. The Morgan fingerprint density at radius 1 is 0.400 bits per heavy atom. The summed E-state index contributed by atoms with van der Waals surface area (Å²) in [5.41, 5.74) is 18.1. The van der Waals surface area contributed by atoms with Crippen molar-refractivity contribution in [2.75, 3.05) is 4.90 Å². The fraction of sp³-hybridized carbons (Fsp3) is 0.125. The first-order chi connectivity index (χ1) is 24.3. The zero-order chi connectivity index (χ0) is 33.8. The molecule has 2 aliphatic rings. The van der Waals surface area contributed by atoms with Gasteiger partial charge in [0.2, 0.25) is 0 Å². The zero-order valence-corrected chi connectivity index (χ0v) is 28.8. The Balaban J connectivity index is 1.26. The summed E-state index contributed by atoms with van der Waals surface area (Å²) >= 11 is 0. The Morgan fingerprint density at radius 2 is 0.980 bits per heavy atom. The van der Waals surface area contributed by atoms with Gasteiger partial charge in [0.05, 0.1) is 0 Å². The number of rotatable bonds is 4. The first-order valence-corrected chi connectivity index (χ1v) is 17.6. The molecule has 0 radical (unpaired) electrons. The van der Waals surface area contributed by atoms with E-state index in [1.54, 1.807) is 0 Å². The summed E-state index contributed by atoms with van der Waals surface area (Å²) < 4.78 is 6.48. The molecular formula is C48H37NO. The number of hydrogen-bond donors (Lipinski definition) is 0. The van der Waals surface area contributed by atoms with Crippen LogP contribution in [0.5, 0.6) is 0 Å². The van der Waals surface area contributed by atoms with Crippen molar-refractivity contribution in [1.82, 2.24) is 0 Å². The van der Waals surface area contributed by atoms with E-state index in [0.717, 1.165) is 39.0 Å². The van der Waals surface area contributed by atoms with Crippen molar-refractivity contribution >= 4 is 39.0 Å². The monoisotopic (exact) mass is 643 g/mol. The number of para-hydroxylation sites is 1. The minimum Gasteiger partial charge on any atom is -0.456 e. The molecule has 0 unspecified atom stereocenters. The van der Waals surface area contributed by atoms with Crippen molar-refractivity contribution in [3.8, 4) is 33.4 Å². The van der Waals surface area contributed by atoms with Crippen LogP contribution in [0.4, 0.5) is 17.1 Å². The molecule has 0 saturated heterocycles. The minimum absolute atomic E-state index is 0.119. The van der Waals surface area contributed by atoms with E-state index in [0.29, 0.717) is 0 Å². The van der Waals surface area contributed by atoms with Gasteiger partial charge >= 0.3 is 0 Å². The van der Waals surface area contributed by atoms with E-state index in [2.05, 4.69) is 178 Å². The summed E-state index contributed by atoms with van der Waals surface area (Å²) in [6.45, 7) is 9.46. The maximum atomic E-state index is 6.48. The van der Waals surface area contributed by atoms with Gasteiger partial charge in [0, 0.05) is 44.7 Å². The van der Waals surface area contributed by atoms with Crippen molar-refractivity contribution in [3.05, 3.63) is 174 Å². The molecule has 2 heteroatoms. The number of hydrogen-bond acceptors (Lipinski definition) is 2. The van der Waals surface area contributed by atoms with Crippen LogP contribution in [0.1, 0.15) is 49.9 Å². The van der Waals surface area contributed by atoms with Crippen LogP contribution in [-0.4, -0.2) is 0 Å². The molecule has 50 heavy (non-hydrogen) atoms. The maximum absolute atomic E-state index is 6.48. The highest BCUT2D eigenvalue weighted by atomic mass is 16.3. The van der Waals surface area contributed by atoms with Gasteiger partial charge in [-0.1, -0.05) is 131 Å². The largest absolute Gasteiger partial charge is 0.456 e. The first-order valence-electron chi connectivity index (χ1n) is 17.6. The van der Waals surface area contributed by atoms with Crippen LogP contribution in [-0.2, 0) is 10.8 Å². The number of furan rings is 1. The van der Waals surface area contributed by atoms with Crippen molar-refractivity contribution in [1.29, 1.82) is 0 Å².